The van der Waals surface area contributed by atoms with Crippen LogP contribution in [-0.2, 0) is 6.54 Å². The normalized spacial score (nSPS) is 16.5. The average molecular weight is 435 g/mol. The Balaban J connectivity index is 1.36. The summed E-state index contributed by atoms with van der Waals surface area (Å²) in [5.41, 5.74) is 5.06. The number of hydrogen-bond donors (Lipinski definition) is 0. The van der Waals surface area contributed by atoms with Crippen LogP contribution in [0.25, 0.3) is 10.9 Å². The average Bonchev–Trinajstić information content (AvgIpc) is 2.80. The predicted octanol–water partition coefficient (Wildman–Crippen LogP) is 3.47. The maximum Gasteiger partial charge on any atom is 0.262 e. The van der Waals surface area contributed by atoms with Crippen molar-refractivity contribution < 1.29 is 4.79 Å². The largest absolute Gasteiger partial charge is 0.368 e. The van der Waals surface area contributed by atoms with E-state index in [9.17, 15) is 9.59 Å². The van der Waals surface area contributed by atoms with Crippen LogP contribution in [0.3, 0.4) is 0 Å². The maximum atomic E-state index is 13.2. The Morgan fingerprint density at radius 3 is 2.65 bits per heavy atom. The first-order valence-electron chi connectivity index (χ1n) is 10.8. The number of aryl methyl sites for hydroxylation is 1. The molecule has 0 radical (unpaired) electrons. The van der Waals surface area contributed by atoms with Crippen molar-refractivity contribution in [2.45, 2.75) is 32.0 Å². The number of anilines is 1. The summed E-state index contributed by atoms with van der Waals surface area (Å²) in [6, 6.07) is 11.7. The number of piperazine rings is 1. The minimum atomic E-state index is -0.00617. The zero-order valence-electron chi connectivity index (χ0n) is 17.9. The first kappa shape index (κ1) is 20.1. The number of carbonyl (C=O) groups is 1. The quantitative estimate of drug-likeness (QED) is 0.578. The number of benzene rings is 2. The smallest absolute Gasteiger partial charge is 0.262 e. The second-order valence-corrected chi connectivity index (χ2v) is 9.35. The van der Waals surface area contributed by atoms with Crippen LogP contribution in [0.2, 0.25) is 0 Å². The zero-order valence-corrected chi connectivity index (χ0v) is 18.7. The van der Waals surface area contributed by atoms with Gasteiger partial charge in [-0.3, -0.25) is 14.2 Å². The standard InChI is InChI=1S/C24H26N4O2S/c1-16-5-3-6-21(17(16)2)26-10-12-27(13-11-26)22(29)18-7-8-19-20(15-18)25-24-28(23(19)30)9-4-14-31-24/h3,5-8,15H,4,9-14H2,1-2H3. The van der Waals surface area contributed by atoms with Gasteiger partial charge in [-0.15, -0.1) is 0 Å². The SMILES string of the molecule is Cc1cccc(N2CCN(C(=O)c3ccc4c(=O)n5c(nc4c3)SCCC5)CC2)c1C. The van der Waals surface area contributed by atoms with Crippen LogP contribution in [0.1, 0.15) is 27.9 Å². The Labute approximate surface area is 185 Å². The first-order chi connectivity index (χ1) is 15.0. The van der Waals surface area contributed by atoms with E-state index in [0.717, 1.165) is 37.0 Å². The molecule has 31 heavy (non-hydrogen) atoms. The number of thioether (sulfide) groups is 1. The molecule has 0 saturated carbocycles. The molecule has 0 bridgehead atoms. The fourth-order valence-electron chi connectivity index (χ4n) is 4.44. The van der Waals surface area contributed by atoms with Crippen molar-refractivity contribution in [2.24, 2.45) is 0 Å². The molecule has 2 aliphatic heterocycles. The van der Waals surface area contributed by atoms with Gasteiger partial charge in [-0.2, -0.15) is 0 Å². The molecular weight excluding hydrogens is 408 g/mol. The molecule has 0 aliphatic carbocycles. The van der Waals surface area contributed by atoms with Gasteiger partial charge in [0.1, 0.15) is 0 Å². The number of hydrogen-bond acceptors (Lipinski definition) is 5. The van der Waals surface area contributed by atoms with Crippen LogP contribution in [-0.4, -0.2) is 52.3 Å². The molecule has 1 aromatic heterocycles. The van der Waals surface area contributed by atoms with Gasteiger partial charge in [-0.1, -0.05) is 23.9 Å². The molecule has 2 aliphatic rings. The lowest BCUT2D eigenvalue weighted by Gasteiger charge is -2.37. The molecule has 5 rings (SSSR count). The zero-order chi connectivity index (χ0) is 21.5. The minimum absolute atomic E-state index is 0.00617. The van der Waals surface area contributed by atoms with Gasteiger partial charge in [-0.25, -0.2) is 4.98 Å². The second kappa shape index (κ2) is 8.04. The van der Waals surface area contributed by atoms with E-state index in [0.29, 0.717) is 29.6 Å². The highest BCUT2D eigenvalue weighted by Gasteiger charge is 2.24. The van der Waals surface area contributed by atoms with Crippen molar-refractivity contribution in [3.05, 3.63) is 63.4 Å². The molecule has 1 saturated heterocycles. The van der Waals surface area contributed by atoms with Crippen LogP contribution in [0, 0.1) is 13.8 Å². The minimum Gasteiger partial charge on any atom is -0.368 e. The summed E-state index contributed by atoms with van der Waals surface area (Å²) in [5, 5.41) is 1.35. The van der Waals surface area contributed by atoms with Crippen molar-refractivity contribution in [2.75, 3.05) is 36.8 Å². The molecule has 0 atom stereocenters. The highest BCUT2D eigenvalue weighted by atomic mass is 32.2. The van der Waals surface area contributed by atoms with E-state index in [-0.39, 0.29) is 11.5 Å². The molecule has 0 spiro atoms. The molecular formula is C24H26N4O2S. The monoisotopic (exact) mass is 434 g/mol. The lowest BCUT2D eigenvalue weighted by Crippen LogP contribution is -2.49. The van der Waals surface area contributed by atoms with E-state index < -0.39 is 0 Å². The van der Waals surface area contributed by atoms with E-state index in [1.54, 1.807) is 34.5 Å². The second-order valence-electron chi connectivity index (χ2n) is 8.28. The van der Waals surface area contributed by atoms with Gasteiger partial charge < -0.3 is 9.80 Å². The fraction of sp³-hybridized carbons (Fsp3) is 0.375. The third-order valence-electron chi connectivity index (χ3n) is 6.41. The molecule has 1 fully saturated rings. The van der Waals surface area contributed by atoms with Crippen LogP contribution in [0.4, 0.5) is 5.69 Å². The van der Waals surface area contributed by atoms with Gasteiger partial charge >= 0.3 is 0 Å². The highest BCUT2D eigenvalue weighted by Crippen LogP contribution is 2.26. The van der Waals surface area contributed by atoms with Gasteiger partial charge in [0.25, 0.3) is 11.5 Å². The molecule has 0 unspecified atom stereocenters. The first-order valence-corrected chi connectivity index (χ1v) is 11.8. The van der Waals surface area contributed by atoms with Gasteiger partial charge in [0, 0.05) is 49.7 Å². The van der Waals surface area contributed by atoms with Gasteiger partial charge in [0.05, 0.1) is 10.9 Å². The molecule has 7 heteroatoms. The van der Waals surface area contributed by atoms with Crippen molar-refractivity contribution in [3.8, 4) is 0 Å². The summed E-state index contributed by atoms with van der Waals surface area (Å²) < 4.78 is 1.75. The van der Waals surface area contributed by atoms with Crippen molar-refractivity contribution in [3.63, 3.8) is 0 Å². The Bertz CT molecular complexity index is 1230. The van der Waals surface area contributed by atoms with Crippen molar-refractivity contribution in [1.29, 1.82) is 0 Å². The number of rotatable bonds is 2. The molecule has 2 aromatic carbocycles. The summed E-state index contributed by atoms with van der Waals surface area (Å²) in [6.07, 6.45) is 0.982. The lowest BCUT2D eigenvalue weighted by atomic mass is 10.1. The Morgan fingerprint density at radius 2 is 1.84 bits per heavy atom. The number of nitrogens with zero attached hydrogens (tertiary/aromatic N) is 4. The van der Waals surface area contributed by atoms with Crippen LogP contribution >= 0.6 is 11.8 Å². The Hall–Kier alpha value is -2.80. The summed E-state index contributed by atoms with van der Waals surface area (Å²) in [7, 11) is 0. The van der Waals surface area contributed by atoms with Crippen molar-refractivity contribution in [1.82, 2.24) is 14.5 Å². The number of fused-ring (bicyclic) bond motifs is 2. The van der Waals surface area contributed by atoms with E-state index in [1.165, 1.54) is 16.8 Å². The van der Waals surface area contributed by atoms with E-state index in [4.69, 9.17) is 0 Å². The van der Waals surface area contributed by atoms with Crippen LogP contribution in [0.5, 0.6) is 0 Å². The Kier molecular flexibility index (Phi) is 5.22. The number of carbonyl (C=O) groups excluding carboxylic acids is 1. The molecule has 3 aromatic rings. The van der Waals surface area contributed by atoms with E-state index in [1.807, 2.05) is 4.90 Å². The number of amides is 1. The molecule has 0 N–H and O–H groups in total. The topological polar surface area (TPSA) is 58.4 Å². The van der Waals surface area contributed by atoms with E-state index in [2.05, 4.69) is 41.9 Å². The Morgan fingerprint density at radius 1 is 1.03 bits per heavy atom. The molecule has 1 amide bonds. The summed E-state index contributed by atoms with van der Waals surface area (Å²) in [6.45, 7) is 7.99. The molecule has 6 nitrogen and oxygen atoms in total. The van der Waals surface area contributed by atoms with Gasteiger partial charge in [0.2, 0.25) is 0 Å². The third-order valence-corrected chi connectivity index (χ3v) is 7.47. The molecule has 160 valence electrons. The van der Waals surface area contributed by atoms with E-state index >= 15 is 0 Å². The fourth-order valence-corrected chi connectivity index (χ4v) is 5.39. The van der Waals surface area contributed by atoms with Gasteiger partial charge in [-0.05, 0) is 55.7 Å². The summed E-state index contributed by atoms with van der Waals surface area (Å²) >= 11 is 1.61. The highest BCUT2D eigenvalue weighted by molar-refractivity contribution is 7.99. The number of aromatic nitrogens is 2. The maximum absolute atomic E-state index is 13.2. The molecule has 3 heterocycles. The van der Waals surface area contributed by atoms with Crippen molar-refractivity contribution >= 4 is 34.3 Å². The summed E-state index contributed by atoms with van der Waals surface area (Å²) in [5.74, 6) is 0.983. The predicted molar refractivity (Wildman–Crippen MR) is 125 cm³/mol. The lowest BCUT2D eigenvalue weighted by molar-refractivity contribution is 0.0747. The van der Waals surface area contributed by atoms with Crippen LogP contribution in [0.15, 0.2) is 46.3 Å². The van der Waals surface area contributed by atoms with Gasteiger partial charge in [0.15, 0.2) is 5.16 Å². The summed E-state index contributed by atoms with van der Waals surface area (Å²) in [4.78, 5) is 34.9. The third kappa shape index (κ3) is 3.61. The van der Waals surface area contributed by atoms with Crippen LogP contribution < -0.4 is 10.5 Å².